The molecule has 6 N–H and O–H groups in total. The third kappa shape index (κ3) is 8.88. The van der Waals surface area contributed by atoms with Gasteiger partial charge in [0.15, 0.2) is 5.82 Å². The Bertz CT molecular complexity index is 2210. The molecule has 6 rings (SSSR count). The molecule has 2 aromatic heterocycles. The zero-order valence-corrected chi connectivity index (χ0v) is 30.2. The lowest BCUT2D eigenvalue weighted by molar-refractivity contribution is -0.146. The van der Waals surface area contributed by atoms with Crippen molar-refractivity contribution < 1.29 is 47.3 Å². The van der Waals surface area contributed by atoms with Crippen molar-refractivity contribution in [2.45, 2.75) is 55.9 Å². The van der Waals surface area contributed by atoms with Gasteiger partial charge < -0.3 is 35.3 Å². The number of carbonyl (C=O) groups excluding carboxylic acids is 2. The first kappa shape index (κ1) is 39.1. The van der Waals surface area contributed by atoms with Crippen molar-refractivity contribution in [3.8, 4) is 11.8 Å². The van der Waals surface area contributed by atoms with Gasteiger partial charge >= 0.3 is 13.7 Å². The van der Waals surface area contributed by atoms with Gasteiger partial charge in [0.2, 0.25) is 11.5 Å². The number of amides is 1. The van der Waals surface area contributed by atoms with Crippen LogP contribution in [0, 0.1) is 17.1 Å². The third-order valence-corrected chi connectivity index (χ3v) is 10.4. The van der Waals surface area contributed by atoms with E-state index in [-0.39, 0.29) is 35.8 Å². The number of aliphatic hydroxyl groups excluding tert-OH is 2. The minimum Gasteiger partial charge on any atom is -0.460 e. The summed E-state index contributed by atoms with van der Waals surface area (Å²) in [7, 11) is -4.45. The number of nitrogens with one attached hydrogen (secondary N) is 2. The summed E-state index contributed by atoms with van der Waals surface area (Å²) in [6.07, 6.45) is -3.89. The van der Waals surface area contributed by atoms with E-state index in [0.29, 0.717) is 5.56 Å². The van der Waals surface area contributed by atoms with E-state index in [4.69, 9.17) is 24.3 Å². The van der Waals surface area contributed by atoms with Crippen molar-refractivity contribution in [3.05, 3.63) is 126 Å². The summed E-state index contributed by atoms with van der Waals surface area (Å²) >= 11 is 0. The molecule has 0 radical (unpaired) electrons. The summed E-state index contributed by atoms with van der Waals surface area (Å²) < 4.78 is 51.4. The average molecular weight is 774 g/mol. The maximum absolute atomic E-state index is 14.1. The van der Waals surface area contributed by atoms with E-state index < -0.39 is 68.0 Å². The molecule has 3 aromatic carbocycles. The summed E-state index contributed by atoms with van der Waals surface area (Å²) in [6.45, 7) is 0.680. The first-order valence-electron chi connectivity index (χ1n) is 17.0. The molecular formula is C37H37FN7O9P. The Morgan fingerprint density at radius 2 is 1.75 bits per heavy atom. The van der Waals surface area contributed by atoms with E-state index in [1.54, 1.807) is 42.5 Å². The molecule has 1 aliphatic heterocycles. The Morgan fingerprint density at radius 1 is 1.05 bits per heavy atom. The molecule has 7 atom stereocenters. The van der Waals surface area contributed by atoms with Crippen molar-refractivity contribution in [1.82, 2.24) is 19.7 Å². The van der Waals surface area contributed by atoms with Crippen LogP contribution in [0.2, 0.25) is 0 Å². The predicted molar refractivity (Wildman–Crippen MR) is 193 cm³/mol. The Balaban J connectivity index is 1.17. The molecule has 3 unspecified atom stereocenters. The van der Waals surface area contributed by atoms with Gasteiger partial charge in [-0.3, -0.25) is 14.1 Å². The van der Waals surface area contributed by atoms with Crippen LogP contribution in [0.4, 0.5) is 10.2 Å². The minimum absolute atomic E-state index is 0.0169. The molecule has 55 heavy (non-hydrogen) atoms. The number of aromatic nitrogens is 3. The lowest BCUT2D eigenvalue weighted by atomic mass is 9.92. The van der Waals surface area contributed by atoms with Gasteiger partial charge in [0.05, 0.1) is 18.3 Å². The largest absolute Gasteiger partial charge is 0.460 e. The van der Waals surface area contributed by atoms with Gasteiger partial charge in [-0.15, -0.1) is 0 Å². The van der Waals surface area contributed by atoms with Crippen LogP contribution in [0.3, 0.4) is 0 Å². The molecule has 18 heteroatoms. The summed E-state index contributed by atoms with van der Waals surface area (Å²) in [5.74, 6) is -1.65. The van der Waals surface area contributed by atoms with E-state index in [0.717, 1.165) is 11.9 Å². The summed E-state index contributed by atoms with van der Waals surface area (Å²) in [5.41, 5.74) is 5.38. The standard InChI is InChI=1S/C37H37FN7O9P/c1-23(36(49)51-19-25-8-4-2-5-9-25)44-55(50,54-27-10-6-3-7-11-27)52-20-30-32(46)33(47)37(21-39,53-30)31-17-16-29-34(41-22-42-45(29)31)43-35(48)28(40)18-24-12-14-26(38)15-13-24/h2-17,22-23,28,30,32-33,46-47H,18-20,40H2,1H3,(H,44,50)(H,41,42,43,48)/t23?,28?,30-,32-,33-,37+,55?/m1/s1. The molecule has 16 nitrogen and oxygen atoms in total. The number of benzene rings is 3. The number of hydrogen-bond donors (Lipinski definition) is 5. The Morgan fingerprint density at radius 3 is 2.44 bits per heavy atom. The van der Waals surface area contributed by atoms with Crippen LogP contribution < -0.4 is 20.7 Å². The molecule has 286 valence electrons. The molecule has 1 aliphatic rings. The molecule has 5 aromatic rings. The number of esters is 1. The van der Waals surface area contributed by atoms with Crippen molar-refractivity contribution in [2.75, 3.05) is 11.9 Å². The number of hydrogen-bond acceptors (Lipinski definition) is 13. The highest BCUT2D eigenvalue weighted by molar-refractivity contribution is 7.52. The number of halogens is 1. The number of anilines is 1. The van der Waals surface area contributed by atoms with Gasteiger partial charge in [-0.1, -0.05) is 60.7 Å². The SMILES string of the molecule is CC(NP(=O)(OC[C@H]1O[C@@](C#N)(c2ccc3c(NC(=O)C(N)Cc4ccc(F)cc4)ncnn23)[C@H](O)[C@@H]1O)Oc1ccccc1)C(=O)OCc1ccccc1. The molecule has 1 amide bonds. The Hall–Kier alpha value is -5.57. The highest BCUT2D eigenvalue weighted by Crippen LogP contribution is 2.47. The van der Waals surface area contributed by atoms with Crippen LogP contribution in [-0.4, -0.2) is 73.7 Å². The highest BCUT2D eigenvalue weighted by atomic mass is 31.2. The summed E-state index contributed by atoms with van der Waals surface area (Å²) in [5, 5.41) is 42.2. The highest BCUT2D eigenvalue weighted by Gasteiger charge is 2.58. The smallest absolute Gasteiger partial charge is 0.459 e. The van der Waals surface area contributed by atoms with E-state index in [1.807, 2.05) is 12.1 Å². The second-order valence-electron chi connectivity index (χ2n) is 12.6. The Kier molecular flexibility index (Phi) is 12.0. The van der Waals surface area contributed by atoms with Crippen LogP contribution in [0.5, 0.6) is 5.75 Å². The third-order valence-electron chi connectivity index (χ3n) is 8.71. The topological polar surface area (TPSA) is 233 Å². The van der Waals surface area contributed by atoms with Crippen LogP contribution in [0.1, 0.15) is 23.7 Å². The first-order valence-corrected chi connectivity index (χ1v) is 18.5. The van der Waals surface area contributed by atoms with Crippen molar-refractivity contribution in [3.63, 3.8) is 0 Å². The minimum atomic E-state index is -4.45. The normalized spacial score (nSPS) is 21.6. The fourth-order valence-electron chi connectivity index (χ4n) is 5.83. The summed E-state index contributed by atoms with van der Waals surface area (Å²) in [6, 6.07) is 25.0. The van der Waals surface area contributed by atoms with E-state index in [1.165, 1.54) is 60.0 Å². The molecule has 0 spiro atoms. The van der Waals surface area contributed by atoms with Crippen LogP contribution in [0.25, 0.3) is 5.52 Å². The van der Waals surface area contributed by atoms with Gasteiger partial charge in [0.1, 0.15) is 60.4 Å². The molecule has 1 fully saturated rings. The van der Waals surface area contributed by atoms with Gasteiger partial charge in [0, 0.05) is 0 Å². The molecule has 1 saturated heterocycles. The number of rotatable bonds is 15. The molecule has 0 saturated carbocycles. The monoisotopic (exact) mass is 773 g/mol. The zero-order chi connectivity index (χ0) is 39.2. The van der Waals surface area contributed by atoms with E-state index in [9.17, 15) is 34.0 Å². The van der Waals surface area contributed by atoms with Gasteiger partial charge in [0.25, 0.3) is 0 Å². The fraction of sp³-hybridized carbons (Fsp3) is 0.270. The van der Waals surface area contributed by atoms with E-state index >= 15 is 0 Å². The van der Waals surface area contributed by atoms with E-state index in [2.05, 4.69) is 20.5 Å². The second kappa shape index (κ2) is 16.8. The van der Waals surface area contributed by atoms with Gasteiger partial charge in [-0.2, -0.15) is 15.4 Å². The van der Waals surface area contributed by atoms with Crippen LogP contribution in [-0.2, 0) is 46.8 Å². The maximum Gasteiger partial charge on any atom is 0.459 e. The summed E-state index contributed by atoms with van der Waals surface area (Å²) in [4.78, 5) is 30.0. The molecule has 0 bridgehead atoms. The molecule has 0 aliphatic carbocycles. The number of nitriles is 1. The number of para-hydroxylation sites is 1. The number of aliphatic hydroxyl groups is 2. The molecule has 3 heterocycles. The number of carbonyl (C=O) groups is 2. The van der Waals surface area contributed by atoms with Crippen molar-refractivity contribution in [1.29, 1.82) is 5.26 Å². The number of nitrogens with zero attached hydrogens (tertiary/aromatic N) is 4. The zero-order valence-electron chi connectivity index (χ0n) is 29.3. The number of ether oxygens (including phenoxy) is 2. The maximum atomic E-state index is 14.1. The van der Waals surface area contributed by atoms with Crippen molar-refractivity contribution >= 4 is 31.0 Å². The fourth-order valence-corrected chi connectivity index (χ4v) is 7.33. The lowest BCUT2D eigenvalue weighted by Crippen LogP contribution is -2.41. The van der Waals surface area contributed by atoms with Gasteiger partial charge in [-0.05, 0) is 60.9 Å². The first-order chi connectivity index (χ1) is 26.4. The molecular weight excluding hydrogens is 736 g/mol. The van der Waals surface area contributed by atoms with Crippen LogP contribution >= 0.6 is 7.75 Å². The van der Waals surface area contributed by atoms with Crippen LogP contribution in [0.15, 0.2) is 103 Å². The predicted octanol–water partition coefficient (Wildman–Crippen LogP) is 3.14. The number of nitrogens with two attached hydrogens (primary N) is 1. The second-order valence-corrected chi connectivity index (χ2v) is 14.3. The van der Waals surface area contributed by atoms with Gasteiger partial charge in [-0.25, -0.2) is 18.5 Å². The quantitative estimate of drug-likeness (QED) is 0.0760. The average Bonchev–Trinajstić information content (AvgIpc) is 3.74. The number of fused-ring (bicyclic) bond motifs is 1. The lowest BCUT2D eigenvalue weighted by Gasteiger charge is -2.25. The van der Waals surface area contributed by atoms with Crippen molar-refractivity contribution in [2.24, 2.45) is 5.73 Å². The Labute approximate surface area is 314 Å².